The van der Waals surface area contributed by atoms with E-state index < -0.39 is 10.1 Å². The van der Waals surface area contributed by atoms with Crippen molar-refractivity contribution in [1.82, 2.24) is 5.32 Å². The fraction of sp³-hybridized carbons (Fsp3) is 1.00. The Bertz CT molecular complexity index is 217. The van der Waals surface area contributed by atoms with Crippen LogP contribution in [0.2, 0.25) is 0 Å². The lowest BCUT2D eigenvalue weighted by molar-refractivity contribution is 0.313. The number of unbranched alkanes of at least 4 members (excludes halogenated alkanes) is 1. The second-order valence-corrected chi connectivity index (χ2v) is 4.77. The molecule has 0 aromatic heterocycles. The number of hydrogen-bond donors (Lipinski definition) is 2. The summed E-state index contributed by atoms with van der Waals surface area (Å²) in [5, 5.41) is 3.18. The number of hydrogen-bond acceptors (Lipinski definition) is 5. The summed E-state index contributed by atoms with van der Waals surface area (Å²) in [6, 6.07) is 0. The number of nitrogens with two attached hydrogens (primary N) is 1. The average Bonchev–Trinajstić information content (AvgIpc) is 2.08. The quantitative estimate of drug-likeness (QED) is 0.414. The monoisotopic (exact) mass is 224 g/mol. The molecule has 0 saturated heterocycles. The lowest BCUT2D eigenvalue weighted by atomic mass is 10.3. The maximum Gasteiger partial charge on any atom is 0.264 e. The first-order valence-corrected chi connectivity index (χ1v) is 6.63. The van der Waals surface area contributed by atoms with Crippen molar-refractivity contribution in [2.75, 3.05) is 32.5 Å². The second kappa shape index (κ2) is 8.16. The van der Waals surface area contributed by atoms with Gasteiger partial charge in [0.1, 0.15) is 0 Å². The van der Waals surface area contributed by atoms with Crippen LogP contribution >= 0.6 is 0 Å². The Morgan fingerprint density at radius 3 is 2.43 bits per heavy atom. The van der Waals surface area contributed by atoms with Crippen molar-refractivity contribution in [3.8, 4) is 0 Å². The van der Waals surface area contributed by atoms with Crippen LogP contribution in [0, 0.1) is 0 Å². The van der Waals surface area contributed by atoms with Gasteiger partial charge in [-0.3, -0.25) is 4.18 Å². The maximum atomic E-state index is 10.5. The van der Waals surface area contributed by atoms with E-state index in [-0.39, 0.29) is 6.61 Å². The van der Waals surface area contributed by atoms with Crippen molar-refractivity contribution in [3.05, 3.63) is 0 Å². The fourth-order valence-electron chi connectivity index (χ4n) is 0.927. The minimum absolute atomic E-state index is 0.253. The summed E-state index contributed by atoms with van der Waals surface area (Å²) < 4.78 is 25.7. The maximum absolute atomic E-state index is 10.5. The van der Waals surface area contributed by atoms with E-state index >= 15 is 0 Å². The SMILES string of the molecule is CS(=O)(=O)OCCCNCCCCN. The lowest BCUT2D eigenvalue weighted by Crippen LogP contribution is -2.19. The van der Waals surface area contributed by atoms with Gasteiger partial charge in [-0.2, -0.15) is 8.42 Å². The van der Waals surface area contributed by atoms with Gasteiger partial charge in [0.15, 0.2) is 0 Å². The summed E-state index contributed by atoms with van der Waals surface area (Å²) in [6.07, 6.45) is 3.84. The Kier molecular flexibility index (Phi) is 8.07. The first kappa shape index (κ1) is 13.8. The predicted molar refractivity (Wildman–Crippen MR) is 56.6 cm³/mol. The molecular formula is C8H20N2O3S. The normalized spacial score (nSPS) is 11.9. The number of rotatable bonds is 9. The molecule has 86 valence electrons. The Morgan fingerprint density at radius 1 is 1.21 bits per heavy atom. The molecule has 14 heavy (non-hydrogen) atoms. The molecule has 0 aromatic rings. The smallest absolute Gasteiger partial charge is 0.264 e. The predicted octanol–water partition coefficient (Wildman–Crippen LogP) is -0.319. The summed E-state index contributed by atoms with van der Waals surface area (Å²) in [6.45, 7) is 2.68. The molecule has 0 bridgehead atoms. The third-order valence-corrected chi connectivity index (χ3v) is 2.20. The molecule has 0 atom stereocenters. The van der Waals surface area contributed by atoms with Crippen LogP contribution in [0.5, 0.6) is 0 Å². The van der Waals surface area contributed by atoms with E-state index in [9.17, 15) is 8.42 Å². The molecule has 5 nitrogen and oxygen atoms in total. The third kappa shape index (κ3) is 11.8. The van der Waals surface area contributed by atoms with Crippen LogP contribution in [-0.4, -0.2) is 40.9 Å². The third-order valence-electron chi connectivity index (χ3n) is 1.60. The zero-order valence-electron chi connectivity index (χ0n) is 8.66. The van der Waals surface area contributed by atoms with Gasteiger partial charge in [-0.1, -0.05) is 0 Å². The zero-order chi connectivity index (χ0) is 10.9. The molecule has 0 aliphatic heterocycles. The van der Waals surface area contributed by atoms with Gasteiger partial charge >= 0.3 is 0 Å². The van der Waals surface area contributed by atoms with Crippen molar-refractivity contribution in [1.29, 1.82) is 0 Å². The Morgan fingerprint density at radius 2 is 1.86 bits per heavy atom. The first-order valence-electron chi connectivity index (χ1n) is 4.81. The van der Waals surface area contributed by atoms with E-state index in [0.29, 0.717) is 6.42 Å². The van der Waals surface area contributed by atoms with E-state index in [0.717, 1.165) is 38.7 Å². The topological polar surface area (TPSA) is 81.4 Å². The molecule has 6 heteroatoms. The molecule has 0 heterocycles. The summed E-state index contributed by atoms with van der Waals surface area (Å²) in [5.74, 6) is 0. The van der Waals surface area contributed by atoms with Gasteiger partial charge < -0.3 is 11.1 Å². The van der Waals surface area contributed by atoms with Gasteiger partial charge in [-0.15, -0.1) is 0 Å². The molecule has 0 spiro atoms. The fourth-order valence-corrected chi connectivity index (χ4v) is 1.35. The van der Waals surface area contributed by atoms with Crippen LogP contribution < -0.4 is 11.1 Å². The molecule has 0 saturated carbocycles. The molecule has 0 aromatic carbocycles. The number of nitrogens with one attached hydrogen (secondary N) is 1. The zero-order valence-corrected chi connectivity index (χ0v) is 9.48. The van der Waals surface area contributed by atoms with E-state index in [1.165, 1.54) is 0 Å². The van der Waals surface area contributed by atoms with Gasteiger partial charge in [0, 0.05) is 0 Å². The van der Waals surface area contributed by atoms with Gasteiger partial charge in [0.2, 0.25) is 0 Å². The lowest BCUT2D eigenvalue weighted by Gasteiger charge is -2.03. The van der Waals surface area contributed by atoms with E-state index in [1.54, 1.807) is 0 Å². The molecule has 0 fully saturated rings. The van der Waals surface area contributed by atoms with Crippen molar-refractivity contribution in [3.63, 3.8) is 0 Å². The standard InChI is InChI=1S/C8H20N2O3S/c1-14(11,12)13-8-4-7-10-6-3-2-5-9/h10H,2-9H2,1H3. The Labute approximate surface area is 86.1 Å². The summed E-state index contributed by atoms with van der Waals surface area (Å²) >= 11 is 0. The average molecular weight is 224 g/mol. The van der Waals surface area contributed by atoms with Crippen molar-refractivity contribution in [2.45, 2.75) is 19.3 Å². The molecule has 0 rings (SSSR count). The summed E-state index contributed by atoms with van der Waals surface area (Å²) in [7, 11) is -3.27. The van der Waals surface area contributed by atoms with Crippen LogP contribution in [0.1, 0.15) is 19.3 Å². The highest BCUT2D eigenvalue weighted by Gasteiger charge is 1.99. The molecule has 0 aliphatic carbocycles. The molecule has 0 unspecified atom stereocenters. The van der Waals surface area contributed by atoms with Crippen LogP contribution in [0.25, 0.3) is 0 Å². The largest absolute Gasteiger partial charge is 0.330 e. The van der Waals surface area contributed by atoms with E-state index in [4.69, 9.17) is 5.73 Å². The van der Waals surface area contributed by atoms with Gasteiger partial charge in [-0.05, 0) is 38.9 Å². The highest BCUT2D eigenvalue weighted by atomic mass is 32.2. The first-order chi connectivity index (χ1) is 6.56. The second-order valence-electron chi connectivity index (χ2n) is 3.13. The van der Waals surface area contributed by atoms with Crippen molar-refractivity contribution >= 4 is 10.1 Å². The molecule has 3 N–H and O–H groups in total. The molecule has 0 radical (unpaired) electrons. The van der Waals surface area contributed by atoms with E-state index in [2.05, 4.69) is 9.50 Å². The van der Waals surface area contributed by atoms with Gasteiger partial charge in [-0.25, -0.2) is 0 Å². The minimum atomic E-state index is -3.27. The highest BCUT2D eigenvalue weighted by Crippen LogP contribution is 1.89. The van der Waals surface area contributed by atoms with Crippen molar-refractivity contribution < 1.29 is 12.6 Å². The van der Waals surface area contributed by atoms with Gasteiger partial charge in [0.25, 0.3) is 10.1 Å². The molecule has 0 amide bonds. The van der Waals surface area contributed by atoms with Crippen LogP contribution in [-0.2, 0) is 14.3 Å². The van der Waals surface area contributed by atoms with Crippen LogP contribution in [0.3, 0.4) is 0 Å². The van der Waals surface area contributed by atoms with E-state index in [1.807, 2.05) is 0 Å². The summed E-state index contributed by atoms with van der Waals surface area (Å²) in [5.41, 5.74) is 5.32. The van der Waals surface area contributed by atoms with Gasteiger partial charge in [0.05, 0.1) is 12.9 Å². The Balaban J connectivity index is 3.07. The highest BCUT2D eigenvalue weighted by molar-refractivity contribution is 7.85. The molecular weight excluding hydrogens is 204 g/mol. The van der Waals surface area contributed by atoms with Crippen molar-refractivity contribution in [2.24, 2.45) is 5.73 Å². The minimum Gasteiger partial charge on any atom is -0.330 e. The summed E-state index contributed by atoms with van der Waals surface area (Å²) in [4.78, 5) is 0. The molecule has 0 aliphatic rings. The Hall–Kier alpha value is -0.170. The van der Waals surface area contributed by atoms with Crippen LogP contribution in [0.15, 0.2) is 0 Å². The van der Waals surface area contributed by atoms with Crippen LogP contribution in [0.4, 0.5) is 0 Å².